The van der Waals surface area contributed by atoms with Gasteiger partial charge in [-0.15, -0.1) is 11.8 Å². The molecule has 4 aliphatic rings. The standard InChI is InChI=1S/C17H18N2O2.C4H6S/c1-18-15(20)13-6-11-2-3-12(7-14(11)19-16(13)21)17-5-4-10(8-17)9-17;1-2-4-5-3-1/h2-3,6-7,10H,4-5,8-9H2,1H3,(H,18,20)(H,19,21);1,3H,2,4H2. The molecule has 4 nitrogen and oxygen atoms in total. The highest BCUT2D eigenvalue weighted by molar-refractivity contribution is 8.02. The van der Waals surface area contributed by atoms with E-state index in [0.717, 1.165) is 16.8 Å². The van der Waals surface area contributed by atoms with Crippen molar-refractivity contribution in [1.29, 1.82) is 0 Å². The number of thioether (sulfide) groups is 1. The van der Waals surface area contributed by atoms with Gasteiger partial charge in [0.15, 0.2) is 0 Å². The molecule has 26 heavy (non-hydrogen) atoms. The summed E-state index contributed by atoms with van der Waals surface area (Å²) in [6.07, 6.45) is 8.67. The Morgan fingerprint density at radius 2 is 2.15 bits per heavy atom. The van der Waals surface area contributed by atoms with Gasteiger partial charge in [0.2, 0.25) is 0 Å². The summed E-state index contributed by atoms with van der Waals surface area (Å²) in [4.78, 5) is 26.6. The third kappa shape index (κ3) is 3.09. The van der Waals surface area contributed by atoms with Crippen LogP contribution < -0.4 is 10.9 Å². The van der Waals surface area contributed by atoms with Crippen molar-refractivity contribution in [3.05, 3.63) is 57.2 Å². The Labute approximate surface area is 157 Å². The number of H-pyrrole nitrogens is 1. The predicted molar refractivity (Wildman–Crippen MR) is 108 cm³/mol. The number of carbonyl (C=O) groups excluding carboxylic acids is 1. The van der Waals surface area contributed by atoms with Crippen LogP contribution in [0.25, 0.3) is 10.9 Å². The molecule has 2 N–H and O–H groups in total. The lowest BCUT2D eigenvalue weighted by Gasteiger charge is -2.39. The number of amides is 1. The van der Waals surface area contributed by atoms with Crippen molar-refractivity contribution in [2.45, 2.75) is 37.5 Å². The van der Waals surface area contributed by atoms with Crippen LogP contribution in [0.3, 0.4) is 0 Å². The van der Waals surface area contributed by atoms with Crippen LogP contribution in [0, 0.1) is 5.92 Å². The van der Waals surface area contributed by atoms with E-state index in [1.54, 1.807) is 6.07 Å². The maximum atomic E-state index is 12.0. The number of rotatable bonds is 2. The van der Waals surface area contributed by atoms with Gasteiger partial charge in [-0.25, -0.2) is 0 Å². The average Bonchev–Trinajstić information content (AvgIpc) is 3.38. The van der Waals surface area contributed by atoms with E-state index in [1.165, 1.54) is 50.5 Å². The van der Waals surface area contributed by atoms with Gasteiger partial charge < -0.3 is 10.3 Å². The van der Waals surface area contributed by atoms with Crippen LogP contribution in [-0.2, 0) is 5.41 Å². The van der Waals surface area contributed by atoms with Crippen molar-refractivity contribution in [2.24, 2.45) is 5.92 Å². The lowest BCUT2D eigenvalue weighted by Crippen LogP contribution is -2.32. The summed E-state index contributed by atoms with van der Waals surface area (Å²) in [5.41, 5.74) is 2.37. The summed E-state index contributed by atoms with van der Waals surface area (Å²) in [6.45, 7) is 0. The fourth-order valence-electron chi connectivity index (χ4n) is 4.49. The van der Waals surface area contributed by atoms with Gasteiger partial charge in [0, 0.05) is 18.3 Å². The van der Waals surface area contributed by atoms with E-state index in [2.05, 4.69) is 33.9 Å². The van der Waals surface area contributed by atoms with Crippen molar-refractivity contribution < 1.29 is 4.79 Å². The highest BCUT2D eigenvalue weighted by Gasteiger charge is 2.50. The number of aromatic nitrogens is 1. The zero-order valence-electron chi connectivity index (χ0n) is 15.0. The summed E-state index contributed by atoms with van der Waals surface area (Å²) in [5.74, 6) is 1.87. The zero-order chi connectivity index (χ0) is 18.1. The minimum atomic E-state index is -0.349. The Hall–Kier alpha value is -2.01. The maximum Gasteiger partial charge on any atom is 0.261 e. The molecule has 0 radical (unpaired) electrons. The molecule has 0 unspecified atom stereocenters. The van der Waals surface area contributed by atoms with Crippen LogP contribution in [0.2, 0.25) is 0 Å². The maximum absolute atomic E-state index is 12.0. The molecular weight excluding hydrogens is 344 g/mol. The molecule has 6 rings (SSSR count). The van der Waals surface area contributed by atoms with E-state index < -0.39 is 0 Å². The quantitative estimate of drug-likeness (QED) is 0.843. The number of aromatic amines is 1. The van der Waals surface area contributed by atoms with Crippen LogP contribution in [0.5, 0.6) is 0 Å². The summed E-state index contributed by atoms with van der Waals surface area (Å²) < 4.78 is 0. The summed E-state index contributed by atoms with van der Waals surface area (Å²) in [5, 5.41) is 5.55. The van der Waals surface area contributed by atoms with Gasteiger partial charge in [-0.1, -0.05) is 18.2 Å². The van der Waals surface area contributed by atoms with Gasteiger partial charge >= 0.3 is 0 Å². The first kappa shape index (κ1) is 17.4. The molecule has 3 fully saturated rings. The lowest BCUT2D eigenvalue weighted by molar-refractivity contribution is 0.0962. The van der Waals surface area contributed by atoms with E-state index in [9.17, 15) is 9.59 Å². The van der Waals surface area contributed by atoms with Crippen molar-refractivity contribution in [3.8, 4) is 0 Å². The van der Waals surface area contributed by atoms with E-state index in [4.69, 9.17) is 0 Å². The first-order valence-electron chi connectivity index (χ1n) is 9.27. The molecule has 0 saturated heterocycles. The Morgan fingerprint density at radius 1 is 1.31 bits per heavy atom. The molecule has 2 bridgehead atoms. The first-order chi connectivity index (χ1) is 12.6. The number of allylic oxidation sites excluding steroid dienone is 1. The molecule has 1 aliphatic heterocycles. The molecule has 0 atom stereocenters. The minimum absolute atomic E-state index is 0.167. The van der Waals surface area contributed by atoms with E-state index >= 15 is 0 Å². The van der Waals surface area contributed by atoms with Crippen molar-refractivity contribution in [1.82, 2.24) is 10.3 Å². The van der Waals surface area contributed by atoms with E-state index in [1.807, 2.05) is 17.8 Å². The topological polar surface area (TPSA) is 62.0 Å². The zero-order valence-corrected chi connectivity index (χ0v) is 15.8. The number of benzene rings is 1. The van der Waals surface area contributed by atoms with Gasteiger partial charge in [-0.3, -0.25) is 9.59 Å². The third-order valence-electron chi connectivity index (χ3n) is 5.91. The fourth-order valence-corrected chi connectivity index (χ4v) is 5.17. The van der Waals surface area contributed by atoms with Gasteiger partial charge in [0.25, 0.3) is 11.5 Å². The predicted octanol–water partition coefficient (Wildman–Crippen LogP) is 3.97. The van der Waals surface area contributed by atoms with Crippen LogP contribution in [0.4, 0.5) is 0 Å². The monoisotopic (exact) mass is 368 g/mol. The number of nitrogens with one attached hydrogen (secondary N) is 2. The molecule has 3 saturated carbocycles. The Bertz CT molecular complexity index is 914. The van der Waals surface area contributed by atoms with Crippen molar-refractivity contribution >= 4 is 28.6 Å². The lowest BCUT2D eigenvalue weighted by atomic mass is 9.65. The molecule has 2 heterocycles. The summed E-state index contributed by atoms with van der Waals surface area (Å²) in [6, 6.07) is 7.96. The number of pyridine rings is 1. The van der Waals surface area contributed by atoms with Crippen molar-refractivity contribution in [2.75, 3.05) is 12.8 Å². The molecule has 3 aliphatic carbocycles. The van der Waals surface area contributed by atoms with Gasteiger partial charge in [-0.05, 0) is 71.9 Å². The van der Waals surface area contributed by atoms with Crippen LogP contribution in [0.1, 0.15) is 48.0 Å². The minimum Gasteiger partial charge on any atom is -0.355 e. The second-order valence-electron chi connectivity index (χ2n) is 7.52. The highest BCUT2D eigenvalue weighted by atomic mass is 32.2. The second-order valence-corrected chi connectivity index (χ2v) is 8.53. The highest BCUT2D eigenvalue weighted by Crippen LogP contribution is 2.59. The molecule has 1 amide bonds. The van der Waals surface area contributed by atoms with Gasteiger partial charge in [0.1, 0.15) is 5.56 Å². The summed E-state index contributed by atoms with van der Waals surface area (Å²) in [7, 11) is 1.53. The van der Waals surface area contributed by atoms with Crippen LogP contribution >= 0.6 is 11.8 Å². The molecule has 1 aromatic carbocycles. The molecular formula is C21H24N2O2S. The number of carbonyl (C=O) groups is 1. The normalized spacial score (nSPS) is 25.5. The molecule has 5 heteroatoms. The average molecular weight is 369 g/mol. The first-order valence-corrected chi connectivity index (χ1v) is 10.3. The molecule has 1 aromatic heterocycles. The summed E-state index contributed by atoms with van der Waals surface area (Å²) >= 11 is 1.89. The second kappa shape index (κ2) is 6.95. The van der Waals surface area contributed by atoms with E-state index in [0.29, 0.717) is 5.41 Å². The smallest absolute Gasteiger partial charge is 0.261 e. The van der Waals surface area contributed by atoms with Gasteiger partial charge in [0.05, 0.1) is 0 Å². The molecule has 2 aromatic rings. The Kier molecular flexibility index (Phi) is 4.65. The number of hydrogen-bond acceptors (Lipinski definition) is 3. The number of fused-ring (bicyclic) bond motifs is 2. The number of hydrogen-bond donors (Lipinski definition) is 2. The molecule has 136 valence electrons. The van der Waals surface area contributed by atoms with Crippen molar-refractivity contribution in [3.63, 3.8) is 0 Å². The third-order valence-corrected chi connectivity index (χ3v) is 6.77. The Morgan fingerprint density at radius 3 is 2.73 bits per heavy atom. The fraction of sp³-hybridized carbons (Fsp3) is 0.429. The van der Waals surface area contributed by atoms with E-state index in [-0.39, 0.29) is 17.0 Å². The van der Waals surface area contributed by atoms with Crippen LogP contribution in [0.15, 0.2) is 40.5 Å². The molecule has 0 spiro atoms. The SMILES string of the molecule is C1=CSCC1.CNC(=O)c1cc2ccc(C34CCC(C3)C4)cc2[nH]c1=O. The Balaban J connectivity index is 0.000000292. The largest absolute Gasteiger partial charge is 0.355 e. The van der Waals surface area contributed by atoms with Crippen LogP contribution in [-0.4, -0.2) is 23.7 Å². The van der Waals surface area contributed by atoms with Gasteiger partial charge in [-0.2, -0.15) is 0 Å².